The summed E-state index contributed by atoms with van der Waals surface area (Å²) < 4.78 is 0. The number of carbonyl (C=O) groups excluding carboxylic acids is 1. The van der Waals surface area contributed by atoms with Crippen LogP contribution in [0.3, 0.4) is 0 Å². The molecule has 3 nitrogen and oxygen atoms in total. The van der Waals surface area contributed by atoms with Gasteiger partial charge in [0.05, 0.1) is 0 Å². The zero-order valence-corrected chi connectivity index (χ0v) is 12.2. The number of amides is 1. The van der Waals surface area contributed by atoms with E-state index in [1.807, 2.05) is 6.07 Å². The molecule has 0 bridgehead atoms. The predicted octanol–water partition coefficient (Wildman–Crippen LogP) is 3.54. The van der Waals surface area contributed by atoms with E-state index >= 15 is 0 Å². The van der Waals surface area contributed by atoms with Crippen molar-refractivity contribution < 1.29 is 4.79 Å². The maximum absolute atomic E-state index is 11.4. The minimum Gasteiger partial charge on any atom is -0.326 e. The lowest BCUT2D eigenvalue weighted by atomic mass is 9.73. The smallest absolute Gasteiger partial charge is 0.224 e. The van der Waals surface area contributed by atoms with Crippen molar-refractivity contribution in [3.05, 3.63) is 29.3 Å². The third kappa shape index (κ3) is 2.24. The Morgan fingerprint density at radius 3 is 2.75 bits per heavy atom. The van der Waals surface area contributed by atoms with Gasteiger partial charge in [-0.05, 0) is 48.3 Å². The zero-order valence-electron chi connectivity index (χ0n) is 12.2. The molecule has 0 aromatic heterocycles. The molecular weight excluding hydrogens is 248 g/mol. The molecule has 1 heterocycles. The molecule has 1 amide bonds. The Kier molecular flexibility index (Phi) is 3.55. The third-order valence-electron chi connectivity index (χ3n) is 5.35. The minimum absolute atomic E-state index is 0.121. The fourth-order valence-electron chi connectivity index (χ4n) is 3.91. The van der Waals surface area contributed by atoms with Crippen LogP contribution in [0.1, 0.15) is 62.6 Å². The summed E-state index contributed by atoms with van der Waals surface area (Å²) >= 11 is 0. The van der Waals surface area contributed by atoms with E-state index < -0.39 is 0 Å². The number of rotatable bonds is 3. The third-order valence-corrected chi connectivity index (χ3v) is 5.35. The van der Waals surface area contributed by atoms with E-state index in [-0.39, 0.29) is 17.4 Å². The quantitative estimate of drug-likeness (QED) is 0.884. The van der Waals surface area contributed by atoms with Crippen LogP contribution in [0.4, 0.5) is 5.69 Å². The average Bonchev–Trinajstić information content (AvgIpc) is 2.96. The van der Waals surface area contributed by atoms with Gasteiger partial charge in [0.2, 0.25) is 5.91 Å². The number of anilines is 1. The van der Waals surface area contributed by atoms with Crippen LogP contribution in [-0.2, 0) is 11.2 Å². The van der Waals surface area contributed by atoms with Gasteiger partial charge in [0.1, 0.15) is 0 Å². The van der Waals surface area contributed by atoms with Gasteiger partial charge in [0.25, 0.3) is 0 Å². The molecule has 1 aromatic carbocycles. The van der Waals surface area contributed by atoms with Crippen molar-refractivity contribution in [2.45, 2.75) is 57.9 Å². The summed E-state index contributed by atoms with van der Waals surface area (Å²) in [6.45, 7) is 2.27. The molecule has 108 valence electrons. The van der Waals surface area contributed by atoms with E-state index in [0.717, 1.165) is 18.5 Å². The lowest BCUT2D eigenvalue weighted by Gasteiger charge is -2.35. The Bertz CT molecular complexity index is 518. The van der Waals surface area contributed by atoms with Crippen LogP contribution in [0, 0.1) is 5.41 Å². The first-order valence-electron chi connectivity index (χ1n) is 7.83. The topological polar surface area (TPSA) is 55.1 Å². The van der Waals surface area contributed by atoms with Crippen LogP contribution in [0.5, 0.6) is 0 Å². The fourth-order valence-corrected chi connectivity index (χ4v) is 3.91. The van der Waals surface area contributed by atoms with Gasteiger partial charge in [0, 0.05) is 18.2 Å². The number of nitrogens with two attached hydrogens (primary N) is 1. The predicted molar refractivity (Wildman–Crippen MR) is 81.5 cm³/mol. The van der Waals surface area contributed by atoms with E-state index in [1.165, 1.54) is 36.8 Å². The number of carbonyl (C=O) groups is 1. The van der Waals surface area contributed by atoms with Crippen molar-refractivity contribution >= 4 is 11.6 Å². The van der Waals surface area contributed by atoms with Gasteiger partial charge in [-0.1, -0.05) is 31.9 Å². The highest BCUT2D eigenvalue weighted by Gasteiger charge is 2.38. The maximum atomic E-state index is 11.4. The van der Waals surface area contributed by atoms with Crippen molar-refractivity contribution in [2.75, 3.05) is 5.32 Å². The summed E-state index contributed by atoms with van der Waals surface area (Å²) in [4.78, 5) is 11.4. The number of hydrogen-bond acceptors (Lipinski definition) is 2. The maximum Gasteiger partial charge on any atom is 0.224 e. The highest BCUT2D eigenvalue weighted by Crippen LogP contribution is 2.49. The minimum atomic E-state index is 0.121. The Morgan fingerprint density at radius 1 is 1.30 bits per heavy atom. The van der Waals surface area contributed by atoms with Gasteiger partial charge >= 0.3 is 0 Å². The van der Waals surface area contributed by atoms with Gasteiger partial charge in [-0.2, -0.15) is 0 Å². The first kappa shape index (κ1) is 13.6. The standard InChI is InChI=1S/C17H24N2O/c1-2-17(9-3-4-10-17)16(18)13-5-7-14-12(11-13)6-8-15(20)19-14/h5,7,11,16H,2-4,6,8-10,18H2,1H3,(H,19,20). The molecule has 2 aliphatic rings. The lowest BCUT2D eigenvalue weighted by molar-refractivity contribution is -0.116. The number of nitrogens with one attached hydrogen (secondary N) is 1. The van der Waals surface area contributed by atoms with Crippen LogP contribution in [0.15, 0.2) is 18.2 Å². The van der Waals surface area contributed by atoms with Gasteiger partial charge in [0.15, 0.2) is 0 Å². The molecule has 1 aromatic rings. The number of aryl methyl sites for hydroxylation is 1. The molecule has 1 atom stereocenters. The molecule has 0 spiro atoms. The van der Waals surface area contributed by atoms with E-state index in [4.69, 9.17) is 5.73 Å². The molecule has 1 unspecified atom stereocenters. The van der Waals surface area contributed by atoms with Gasteiger partial charge < -0.3 is 11.1 Å². The number of hydrogen-bond donors (Lipinski definition) is 2. The van der Waals surface area contributed by atoms with E-state index in [9.17, 15) is 4.79 Å². The second-order valence-corrected chi connectivity index (χ2v) is 6.37. The van der Waals surface area contributed by atoms with Crippen LogP contribution in [0.25, 0.3) is 0 Å². The van der Waals surface area contributed by atoms with Crippen molar-refractivity contribution in [3.8, 4) is 0 Å². The fraction of sp³-hybridized carbons (Fsp3) is 0.588. The highest BCUT2D eigenvalue weighted by atomic mass is 16.1. The lowest BCUT2D eigenvalue weighted by Crippen LogP contribution is -2.32. The molecule has 1 aliphatic heterocycles. The van der Waals surface area contributed by atoms with Gasteiger partial charge in [-0.25, -0.2) is 0 Å². The Morgan fingerprint density at radius 2 is 2.05 bits per heavy atom. The molecular formula is C17H24N2O. The SMILES string of the molecule is CCC1(C(N)c2ccc3c(c2)CCC(=O)N3)CCCC1. The summed E-state index contributed by atoms with van der Waals surface area (Å²) in [5.41, 5.74) is 10.3. The Balaban J connectivity index is 1.89. The highest BCUT2D eigenvalue weighted by molar-refractivity contribution is 5.93. The molecule has 3 N–H and O–H groups in total. The van der Waals surface area contributed by atoms with Crippen LogP contribution in [0.2, 0.25) is 0 Å². The van der Waals surface area contributed by atoms with E-state index in [1.54, 1.807) is 0 Å². The molecule has 0 radical (unpaired) electrons. The molecule has 1 fully saturated rings. The zero-order chi connectivity index (χ0) is 14.2. The van der Waals surface area contributed by atoms with E-state index in [0.29, 0.717) is 6.42 Å². The second kappa shape index (κ2) is 5.21. The number of fused-ring (bicyclic) bond motifs is 1. The molecule has 1 aliphatic carbocycles. The van der Waals surface area contributed by atoms with Crippen molar-refractivity contribution in [3.63, 3.8) is 0 Å². The summed E-state index contributed by atoms with van der Waals surface area (Å²) in [6, 6.07) is 6.47. The summed E-state index contributed by atoms with van der Waals surface area (Å²) in [5.74, 6) is 0.121. The van der Waals surface area contributed by atoms with Crippen LogP contribution >= 0.6 is 0 Å². The van der Waals surface area contributed by atoms with E-state index in [2.05, 4.69) is 24.4 Å². The summed E-state index contributed by atoms with van der Waals surface area (Å²) in [5, 5.41) is 2.94. The molecule has 1 saturated carbocycles. The van der Waals surface area contributed by atoms with Crippen LogP contribution in [-0.4, -0.2) is 5.91 Å². The number of benzene rings is 1. The normalized spacial score (nSPS) is 22.2. The average molecular weight is 272 g/mol. The summed E-state index contributed by atoms with van der Waals surface area (Å²) in [6.07, 6.45) is 7.69. The first-order chi connectivity index (χ1) is 9.64. The molecule has 3 heteroatoms. The molecule has 20 heavy (non-hydrogen) atoms. The Labute approximate surface area is 120 Å². The molecule has 0 saturated heterocycles. The van der Waals surface area contributed by atoms with Crippen LogP contribution < -0.4 is 11.1 Å². The summed E-state index contributed by atoms with van der Waals surface area (Å²) in [7, 11) is 0. The van der Waals surface area contributed by atoms with Gasteiger partial charge in [-0.15, -0.1) is 0 Å². The molecule has 3 rings (SSSR count). The Hall–Kier alpha value is -1.35. The first-order valence-corrected chi connectivity index (χ1v) is 7.83. The van der Waals surface area contributed by atoms with Crippen molar-refractivity contribution in [2.24, 2.45) is 11.1 Å². The van der Waals surface area contributed by atoms with Gasteiger partial charge in [-0.3, -0.25) is 4.79 Å². The second-order valence-electron chi connectivity index (χ2n) is 6.37. The monoisotopic (exact) mass is 272 g/mol. The van der Waals surface area contributed by atoms with Crippen molar-refractivity contribution in [1.82, 2.24) is 0 Å². The van der Waals surface area contributed by atoms with Crippen molar-refractivity contribution in [1.29, 1.82) is 0 Å². The largest absolute Gasteiger partial charge is 0.326 e.